The number of nitrogens with one attached hydrogen (secondary N) is 1. The van der Waals surface area contributed by atoms with E-state index in [1.165, 1.54) is 11.1 Å². The lowest BCUT2D eigenvalue weighted by atomic mass is 9.69. The molecule has 0 bridgehead atoms. The van der Waals surface area contributed by atoms with Gasteiger partial charge in [-0.1, -0.05) is 17.7 Å². The molecule has 3 heteroatoms. The Morgan fingerprint density at radius 1 is 1.12 bits per heavy atom. The highest BCUT2D eigenvalue weighted by Crippen LogP contribution is 2.50. The zero-order chi connectivity index (χ0) is 12.1. The van der Waals surface area contributed by atoms with Crippen LogP contribution in [-0.2, 0) is 5.41 Å². The number of anilines is 1. The monoisotopic (exact) mass is 237 g/mol. The van der Waals surface area contributed by atoms with E-state index in [0.717, 1.165) is 12.2 Å². The Morgan fingerprint density at radius 3 is 2.53 bits per heavy atom. The second-order valence-corrected chi connectivity index (χ2v) is 5.54. The molecule has 1 saturated carbocycles. The summed E-state index contributed by atoms with van der Waals surface area (Å²) in [5.74, 6) is -2.45. The molecule has 0 saturated heterocycles. The third kappa shape index (κ3) is 1.72. The standard InChI is InChI=1S/C14H17F2N/c1-10-2-3-12-11(8-10)13(9-17-12)4-6-14(15,16)7-5-13/h2-3,8,17H,4-7,9H2,1H3. The Kier molecular flexibility index (Phi) is 2.22. The van der Waals surface area contributed by atoms with Crippen LogP contribution in [0.1, 0.15) is 36.8 Å². The summed E-state index contributed by atoms with van der Waals surface area (Å²) in [6, 6.07) is 6.31. The maximum atomic E-state index is 13.3. The van der Waals surface area contributed by atoms with Crippen LogP contribution in [0.4, 0.5) is 14.5 Å². The number of hydrogen-bond acceptors (Lipinski definition) is 1. The van der Waals surface area contributed by atoms with E-state index < -0.39 is 5.92 Å². The van der Waals surface area contributed by atoms with E-state index in [-0.39, 0.29) is 18.3 Å². The van der Waals surface area contributed by atoms with Gasteiger partial charge in [0.15, 0.2) is 0 Å². The highest BCUT2D eigenvalue weighted by atomic mass is 19.3. The van der Waals surface area contributed by atoms with Crippen LogP contribution in [0.5, 0.6) is 0 Å². The van der Waals surface area contributed by atoms with Crippen LogP contribution in [0.15, 0.2) is 18.2 Å². The summed E-state index contributed by atoms with van der Waals surface area (Å²) in [6.45, 7) is 2.88. The predicted molar refractivity (Wildman–Crippen MR) is 64.8 cm³/mol. The second kappa shape index (κ2) is 3.44. The molecule has 17 heavy (non-hydrogen) atoms. The van der Waals surface area contributed by atoms with Crippen molar-refractivity contribution in [1.29, 1.82) is 0 Å². The molecule has 0 atom stereocenters. The summed E-state index contributed by atoms with van der Waals surface area (Å²) in [6.07, 6.45) is 1.26. The third-order valence-corrected chi connectivity index (χ3v) is 4.30. The Hall–Kier alpha value is -1.12. The molecule has 0 amide bonds. The van der Waals surface area contributed by atoms with E-state index in [2.05, 4.69) is 30.4 Å². The molecule has 1 N–H and O–H groups in total. The van der Waals surface area contributed by atoms with Crippen LogP contribution in [0.3, 0.4) is 0 Å². The van der Waals surface area contributed by atoms with Crippen LogP contribution < -0.4 is 5.32 Å². The summed E-state index contributed by atoms with van der Waals surface area (Å²) >= 11 is 0. The quantitative estimate of drug-likeness (QED) is 0.722. The van der Waals surface area contributed by atoms with Crippen molar-refractivity contribution in [2.75, 3.05) is 11.9 Å². The van der Waals surface area contributed by atoms with Crippen LogP contribution in [0, 0.1) is 6.92 Å². The highest BCUT2D eigenvalue weighted by Gasteiger charge is 2.47. The second-order valence-electron chi connectivity index (χ2n) is 5.54. The highest BCUT2D eigenvalue weighted by molar-refractivity contribution is 5.61. The fourth-order valence-electron chi connectivity index (χ4n) is 3.15. The predicted octanol–water partition coefficient (Wildman–Crippen LogP) is 3.87. The topological polar surface area (TPSA) is 12.0 Å². The average molecular weight is 237 g/mol. The van der Waals surface area contributed by atoms with Gasteiger partial charge in [0.1, 0.15) is 0 Å². The van der Waals surface area contributed by atoms with E-state index in [1.54, 1.807) is 0 Å². The zero-order valence-electron chi connectivity index (χ0n) is 10.0. The van der Waals surface area contributed by atoms with Gasteiger partial charge in [0.05, 0.1) is 0 Å². The summed E-state index contributed by atoms with van der Waals surface area (Å²) in [7, 11) is 0. The number of halogens is 2. The van der Waals surface area contributed by atoms with Crippen molar-refractivity contribution in [3.8, 4) is 0 Å². The molecular formula is C14H17F2N. The van der Waals surface area contributed by atoms with E-state index in [0.29, 0.717) is 12.8 Å². The van der Waals surface area contributed by atoms with Gasteiger partial charge in [0.25, 0.3) is 0 Å². The summed E-state index contributed by atoms with van der Waals surface area (Å²) in [5.41, 5.74) is 3.57. The molecule has 1 aromatic rings. The first-order chi connectivity index (χ1) is 8.01. The van der Waals surface area contributed by atoms with E-state index in [4.69, 9.17) is 0 Å². The minimum Gasteiger partial charge on any atom is -0.384 e. The van der Waals surface area contributed by atoms with Crippen molar-refractivity contribution in [3.63, 3.8) is 0 Å². The first-order valence-corrected chi connectivity index (χ1v) is 6.24. The van der Waals surface area contributed by atoms with Crippen molar-refractivity contribution in [1.82, 2.24) is 0 Å². The molecule has 0 unspecified atom stereocenters. The van der Waals surface area contributed by atoms with Crippen LogP contribution in [-0.4, -0.2) is 12.5 Å². The van der Waals surface area contributed by atoms with Gasteiger partial charge in [-0.15, -0.1) is 0 Å². The van der Waals surface area contributed by atoms with Gasteiger partial charge in [-0.2, -0.15) is 0 Å². The SMILES string of the molecule is Cc1ccc2c(c1)C1(CCC(F)(F)CC1)CN2. The molecule has 1 aliphatic carbocycles. The number of aryl methyl sites for hydroxylation is 1. The lowest BCUT2D eigenvalue weighted by molar-refractivity contribution is -0.0496. The van der Waals surface area contributed by atoms with Crippen molar-refractivity contribution in [2.24, 2.45) is 0 Å². The fraction of sp³-hybridized carbons (Fsp3) is 0.571. The van der Waals surface area contributed by atoms with E-state index in [9.17, 15) is 8.78 Å². The molecule has 1 spiro atoms. The van der Waals surface area contributed by atoms with Crippen molar-refractivity contribution in [2.45, 2.75) is 43.9 Å². The molecule has 1 heterocycles. The largest absolute Gasteiger partial charge is 0.384 e. The Morgan fingerprint density at radius 2 is 1.82 bits per heavy atom. The lowest BCUT2D eigenvalue weighted by Gasteiger charge is -2.37. The Balaban J connectivity index is 1.95. The number of benzene rings is 1. The van der Waals surface area contributed by atoms with Crippen LogP contribution in [0.2, 0.25) is 0 Å². The van der Waals surface area contributed by atoms with Gasteiger partial charge in [0.2, 0.25) is 5.92 Å². The summed E-state index contributed by atoms with van der Waals surface area (Å²) < 4.78 is 26.6. The lowest BCUT2D eigenvalue weighted by Crippen LogP contribution is -2.38. The maximum Gasteiger partial charge on any atom is 0.248 e. The van der Waals surface area contributed by atoms with Gasteiger partial charge in [-0.3, -0.25) is 0 Å². The number of hydrogen-bond donors (Lipinski definition) is 1. The van der Waals surface area contributed by atoms with Gasteiger partial charge in [-0.25, -0.2) is 8.78 Å². The Labute approximate surface area is 100 Å². The Bertz CT molecular complexity index is 444. The number of rotatable bonds is 0. The average Bonchev–Trinajstić information content (AvgIpc) is 2.63. The molecule has 0 radical (unpaired) electrons. The maximum absolute atomic E-state index is 13.3. The molecule has 2 aliphatic rings. The normalized spacial score (nSPS) is 24.4. The molecule has 3 rings (SSSR count). The minimum absolute atomic E-state index is 0.0298. The third-order valence-electron chi connectivity index (χ3n) is 4.30. The molecule has 1 aromatic carbocycles. The minimum atomic E-state index is -2.45. The number of alkyl halides is 2. The zero-order valence-corrected chi connectivity index (χ0v) is 10.0. The first kappa shape index (κ1) is 11.0. The van der Waals surface area contributed by atoms with Crippen molar-refractivity contribution < 1.29 is 8.78 Å². The molecular weight excluding hydrogens is 220 g/mol. The molecule has 1 nitrogen and oxygen atoms in total. The van der Waals surface area contributed by atoms with Crippen LogP contribution >= 0.6 is 0 Å². The van der Waals surface area contributed by atoms with Gasteiger partial charge >= 0.3 is 0 Å². The van der Waals surface area contributed by atoms with Gasteiger partial charge in [-0.05, 0) is 31.4 Å². The van der Waals surface area contributed by atoms with Crippen molar-refractivity contribution in [3.05, 3.63) is 29.3 Å². The summed E-state index contributed by atoms with van der Waals surface area (Å²) in [5, 5.41) is 3.37. The smallest absolute Gasteiger partial charge is 0.248 e. The molecule has 0 aromatic heterocycles. The number of fused-ring (bicyclic) bond motifs is 2. The van der Waals surface area contributed by atoms with Gasteiger partial charge in [0, 0.05) is 30.5 Å². The summed E-state index contributed by atoms with van der Waals surface area (Å²) in [4.78, 5) is 0. The van der Waals surface area contributed by atoms with Gasteiger partial charge < -0.3 is 5.32 Å². The fourth-order valence-corrected chi connectivity index (χ4v) is 3.15. The van der Waals surface area contributed by atoms with E-state index >= 15 is 0 Å². The van der Waals surface area contributed by atoms with E-state index in [1.807, 2.05) is 0 Å². The first-order valence-electron chi connectivity index (χ1n) is 6.24. The molecule has 1 fully saturated rings. The molecule has 92 valence electrons. The van der Waals surface area contributed by atoms with Crippen molar-refractivity contribution >= 4 is 5.69 Å². The van der Waals surface area contributed by atoms with Crippen LogP contribution in [0.25, 0.3) is 0 Å². The molecule has 1 aliphatic heterocycles.